The van der Waals surface area contributed by atoms with Gasteiger partial charge in [-0.25, -0.2) is 4.79 Å². The Balaban J connectivity index is 1.49. The number of nitrogens with zero attached hydrogens (tertiary/aromatic N) is 1. The summed E-state index contributed by atoms with van der Waals surface area (Å²) in [5.74, 6) is -0.862. The molecular formula is C29H32N2O5. The van der Waals surface area contributed by atoms with Crippen LogP contribution in [-0.2, 0) is 27.3 Å². The lowest BCUT2D eigenvalue weighted by atomic mass is 9.92. The Hall–Kier alpha value is -3.87. The van der Waals surface area contributed by atoms with Crippen LogP contribution >= 0.6 is 0 Å². The van der Waals surface area contributed by atoms with E-state index in [1.807, 2.05) is 42.5 Å². The van der Waals surface area contributed by atoms with Gasteiger partial charge in [0.05, 0.1) is 6.26 Å². The first-order valence-electron chi connectivity index (χ1n) is 12.3. The summed E-state index contributed by atoms with van der Waals surface area (Å²) in [5.41, 5.74) is 4.76. The highest BCUT2D eigenvalue weighted by Crippen LogP contribution is 2.32. The van der Waals surface area contributed by atoms with E-state index in [9.17, 15) is 14.4 Å². The van der Waals surface area contributed by atoms with Crippen molar-refractivity contribution in [2.24, 2.45) is 0 Å². The lowest BCUT2D eigenvalue weighted by Gasteiger charge is -2.34. The summed E-state index contributed by atoms with van der Waals surface area (Å²) < 4.78 is 10.7. The highest BCUT2D eigenvalue weighted by atomic mass is 16.5. The molecule has 0 bridgehead atoms. The molecule has 0 saturated heterocycles. The van der Waals surface area contributed by atoms with Crippen molar-refractivity contribution in [1.82, 2.24) is 4.90 Å². The monoisotopic (exact) mass is 488 g/mol. The third-order valence-corrected chi connectivity index (χ3v) is 6.50. The first kappa shape index (κ1) is 25.2. The van der Waals surface area contributed by atoms with Gasteiger partial charge in [-0.1, -0.05) is 70.2 Å². The third-order valence-electron chi connectivity index (χ3n) is 6.50. The van der Waals surface area contributed by atoms with Gasteiger partial charge in [0.25, 0.3) is 11.8 Å². The number of furan rings is 1. The van der Waals surface area contributed by atoms with Gasteiger partial charge in [-0.05, 0) is 46.2 Å². The van der Waals surface area contributed by atoms with E-state index in [1.54, 1.807) is 12.1 Å². The quantitative estimate of drug-likeness (QED) is 0.458. The number of benzene rings is 2. The maximum Gasteiger partial charge on any atom is 0.329 e. The first-order valence-corrected chi connectivity index (χ1v) is 12.3. The number of anilines is 1. The summed E-state index contributed by atoms with van der Waals surface area (Å²) in [6.45, 7) is 8.09. The van der Waals surface area contributed by atoms with Gasteiger partial charge >= 0.3 is 5.97 Å². The molecule has 1 aromatic heterocycles. The van der Waals surface area contributed by atoms with E-state index >= 15 is 0 Å². The number of para-hydroxylation sites is 1. The molecule has 0 fully saturated rings. The van der Waals surface area contributed by atoms with Gasteiger partial charge in [0.1, 0.15) is 6.04 Å². The van der Waals surface area contributed by atoms with Crippen LogP contribution in [0.5, 0.6) is 0 Å². The predicted molar refractivity (Wildman–Crippen MR) is 137 cm³/mol. The van der Waals surface area contributed by atoms with E-state index in [0.717, 1.165) is 27.9 Å². The van der Waals surface area contributed by atoms with Gasteiger partial charge in [0, 0.05) is 18.7 Å². The lowest BCUT2D eigenvalue weighted by molar-refractivity contribution is -0.152. The molecule has 2 aromatic carbocycles. The van der Waals surface area contributed by atoms with Gasteiger partial charge < -0.3 is 19.4 Å². The normalized spacial score (nSPS) is 15.1. The second kappa shape index (κ2) is 10.8. The van der Waals surface area contributed by atoms with Crippen LogP contribution in [0.25, 0.3) is 0 Å². The van der Waals surface area contributed by atoms with Crippen molar-refractivity contribution in [3.63, 3.8) is 0 Å². The van der Waals surface area contributed by atoms with Crippen molar-refractivity contribution < 1.29 is 23.5 Å². The van der Waals surface area contributed by atoms with Gasteiger partial charge in [-0.2, -0.15) is 0 Å². The van der Waals surface area contributed by atoms with Crippen LogP contribution in [0.2, 0.25) is 0 Å². The molecule has 0 aliphatic carbocycles. The van der Waals surface area contributed by atoms with E-state index in [-0.39, 0.29) is 24.1 Å². The van der Waals surface area contributed by atoms with Crippen LogP contribution in [0.1, 0.15) is 72.3 Å². The van der Waals surface area contributed by atoms with E-state index in [4.69, 9.17) is 9.15 Å². The van der Waals surface area contributed by atoms with Gasteiger partial charge in [-0.15, -0.1) is 0 Å². The molecule has 188 valence electrons. The molecule has 1 atom stereocenters. The molecule has 0 saturated carbocycles. The summed E-state index contributed by atoms with van der Waals surface area (Å²) in [7, 11) is 0. The number of amides is 2. The second-order valence-corrected chi connectivity index (χ2v) is 9.68. The van der Waals surface area contributed by atoms with Crippen LogP contribution in [0, 0.1) is 0 Å². The number of hydrogen-bond donors (Lipinski definition) is 1. The molecule has 1 aliphatic rings. The summed E-state index contributed by atoms with van der Waals surface area (Å²) >= 11 is 0. The summed E-state index contributed by atoms with van der Waals surface area (Å²) in [5, 5.41) is 2.96. The Bertz CT molecular complexity index is 1220. The molecule has 4 rings (SSSR count). The minimum absolute atomic E-state index is 0.149. The molecule has 36 heavy (non-hydrogen) atoms. The summed E-state index contributed by atoms with van der Waals surface area (Å²) in [4.78, 5) is 40.6. The zero-order valence-electron chi connectivity index (χ0n) is 21.1. The topological polar surface area (TPSA) is 88.9 Å². The molecule has 0 unspecified atom stereocenters. The van der Waals surface area contributed by atoms with Gasteiger partial charge in [-0.3, -0.25) is 9.59 Å². The van der Waals surface area contributed by atoms with E-state index in [2.05, 4.69) is 33.0 Å². The Morgan fingerprint density at radius 3 is 2.22 bits per heavy atom. The highest BCUT2D eigenvalue weighted by molar-refractivity contribution is 5.97. The van der Waals surface area contributed by atoms with Crippen molar-refractivity contribution in [1.29, 1.82) is 0 Å². The fraction of sp³-hybridized carbons (Fsp3) is 0.345. The van der Waals surface area contributed by atoms with E-state index < -0.39 is 30.4 Å². The number of carbonyl (C=O) groups is 3. The molecule has 3 aromatic rings. The minimum atomic E-state index is -0.862. The molecule has 7 nitrogen and oxygen atoms in total. The molecule has 0 spiro atoms. The van der Waals surface area contributed by atoms with Crippen LogP contribution in [0.3, 0.4) is 0 Å². The average Bonchev–Trinajstić information content (AvgIpc) is 3.41. The zero-order valence-corrected chi connectivity index (χ0v) is 21.1. The lowest BCUT2D eigenvalue weighted by Crippen LogP contribution is -2.49. The Morgan fingerprint density at radius 2 is 1.61 bits per heavy atom. The number of ether oxygens (including phenoxy) is 1. The number of fused-ring (bicyclic) bond motifs is 1. The number of hydrogen-bond acceptors (Lipinski definition) is 5. The molecule has 0 radical (unpaired) electrons. The van der Waals surface area contributed by atoms with E-state index in [0.29, 0.717) is 6.42 Å². The van der Waals surface area contributed by atoms with Gasteiger partial charge in [0.15, 0.2) is 12.4 Å². The Labute approximate surface area is 211 Å². The van der Waals surface area contributed by atoms with Crippen molar-refractivity contribution in [3.05, 3.63) is 88.9 Å². The number of rotatable bonds is 7. The fourth-order valence-corrected chi connectivity index (χ4v) is 4.59. The first-order chi connectivity index (χ1) is 17.3. The van der Waals surface area contributed by atoms with Crippen molar-refractivity contribution in [3.8, 4) is 0 Å². The van der Waals surface area contributed by atoms with Crippen LogP contribution in [0.15, 0.2) is 65.3 Å². The van der Waals surface area contributed by atoms with Crippen LogP contribution < -0.4 is 5.32 Å². The number of esters is 1. The SMILES string of the molecule is CC(C)c1cccc(C(C)C)c1NC(=O)COC(=O)[C@@H]1Cc2ccccc2CN1C(=O)c1ccco1. The molecule has 1 aliphatic heterocycles. The molecule has 1 N–H and O–H groups in total. The fourth-order valence-electron chi connectivity index (χ4n) is 4.59. The number of nitrogens with one attached hydrogen (secondary N) is 1. The average molecular weight is 489 g/mol. The zero-order chi connectivity index (χ0) is 25.8. The Morgan fingerprint density at radius 1 is 0.944 bits per heavy atom. The second-order valence-electron chi connectivity index (χ2n) is 9.68. The van der Waals surface area contributed by atoms with Crippen molar-refractivity contribution >= 4 is 23.5 Å². The molecule has 2 amide bonds. The van der Waals surface area contributed by atoms with Crippen LogP contribution in [0.4, 0.5) is 5.69 Å². The smallest absolute Gasteiger partial charge is 0.329 e. The summed E-state index contributed by atoms with van der Waals surface area (Å²) in [6.07, 6.45) is 1.72. The number of carbonyl (C=O) groups excluding carboxylic acids is 3. The standard InChI is InChI=1S/C29H32N2O5/c1-18(2)22-11-7-12-23(19(3)4)27(22)30-26(32)17-36-29(34)24-15-20-9-5-6-10-21(20)16-31(24)28(33)25-13-8-14-35-25/h5-14,18-19,24H,15-17H2,1-4H3,(H,30,32)/t24-/m0/s1. The van der Waals surface area contributed by atoms with E-state index in [1.165, 1.54) is 11.2 Å². The van der Waals surface area contributed by atoms with Gasteiger partial charge in [0.2, 0.25) is 0 Å². The molecule has 2 heterocycles. The maximum atomic E-state index is 13.2. The maximum absolute atomic E-state index is 13.2. The van der Waals surface area contributed by atoms with Crippen molar-refractivity contribution in [2.75, 3.05) is 11.9 Å². The highest BCUT2D eigenvalue weighted by Gasteiger charge is 2.37. The molecular weight excluding hydrogens is 456 g/mol. The molecule has 7 heteroatoms. The Kier molecular flexibility index (Phi) is 7.58. The third kappa shape index (κ3) is 5.35. The largest absolute Gasteiger partial charge is 0.459 e. The van der Waals surface area contributed by atoms with Crippen LogP contribution in [-0.4, -0.2) is 35.3 Å². The predicted octanol–water partition coefficient (Wildman–Crippen LogP) is 5.28. The minimum Gasteiger partial charge on any atom is -0.459 e. The van der Waals surface area contributed by atoms with Crippen molar-refractivity contribution in [2.45, 2.75) is 58.5 Å². The summed E-state index contributed by atoms with van der Waals surface area (Å²) in [6, 6.07) is 16.0.